The first kappa shape index (κ1) is 22.7. The lowest BCUT2D eigenvalue weighted by Crippen LogP contribution is -2.31. The maximum atomic E-state index is 10.3. The molecule has 4 aromatic rings. The number of fused-ring (bicyclic) bond motifs is 1. The summed E-state index contributed by atoms with van der Waals surface area (Å²) in [4.78, 5) is 17.3. The summed E-state index contributed by atoms with van der Waals surface area (Å²) in [6, 6.07) is 5.97. The number of likely N-dealkylation sites (tertiary alicyclic amines) is 1. The molecule has 1 saturated heterocycles. The third kappa shape index (κ3) is 4.75. The normalized spacial score (nSPS) is 15.7. The Hall–Kier alpha value is -3.08. The number of nitrogens with one attached hydrogen (secondary N) is 2. The molecule has 3 N–H and O–H groups in total. The Morgan fingerprint density at radius 1 is 1.12 bits per heavy atom. The van der Waals surface area contributed by atoms with E-state index in [1.165, 1.54) is 0 Å². The van der Waals surface area contributed by atoms with Crippen molar-refractivity contribution in [1.29, 1.82) is 0 Å². The molecule has 178 valence electrons. The van der Waals surface area contributed by atoms with Crippen molar-refractivity contribution in [3.05, 3.63) is 47.2 Å². The molecule has 34 heavy (non-hydrogen) atoms. The second kappa shape index (κ2) is 8.94. The number of anilines is 4. The van der Waals surface area contributed by atoms with Crippen LogP contribution in [0.2, 0.25) is 0 Å². The molecular formula is C24H30N8OS. The molecule has 1 aliphatic rings. The lowest BCUT2D eigenvalue weighted by molar-refractivity contribution is 0.0740. The molecule has 5 heterocycles. The lowest BCUT2D eigenvalue weighted by atomic mass is 10.1. The van der Waals surface area contributed by atoms with Crippen LogP contribution in [0.4, 0.5) is 23.3 Å². The van der Waals surface area contributed by atoms with Gasteiger partial charge in [0.15, 0.2) is 0 Å². The highest BCUT2D eigenvalue weighted by atomic mass is 32.1. The Balaban J connectivity index is 1.42. The first-order chi connectivity index (χ1) is 16.3. The predicted molar refractivity (Wildman–Crippen MR) is 136 cm³/mol. The Bertz CT molecular complexity index is 1300. The summed E-state index contributed by atoms with van der Waals surface area (Å²) in [7, 11) is 2.16. The van der Waals surface area contributed by atoms with Crippen molar-refractivity contribution >= 4 is 44.8 Å². The summed E-state index contributed by atoms with van der Waals surface area (Å²) in [6.45, 7) is 7.66. The fourth-order valence-electron chi connectivity index (χ4n) is 4.19. The summed E-state index contributed by atoms with van der Waals surface area (Å²) >= 11 is 1.58. The van der Waals surface area contributed by atoms with Crippen LogP contribution in [0.5, 0.6) is 0 Å². The van der Waals surface area contributed by atoms with Gasteiger partial charge in [0.1, 0.15) is 22.1 Å². The minimum atomic E-state index is -1.03. The number of nitrogens with zero attached hydrogens (tertiary/aromatic N) is 6. The molecule has 9 nitrogen and oxygen atoms in total. The summed E-state index contributed by atoms with van der Waals surface area (Å²) in [5.74, 6) is 1.79. The van der Waals surface area contributed by atoms with Gasteiger partial charge in [-0.3, -0.25) is 4.68 Å². The van der Waals surface area contributed by atoms with Gasteiger partial charge in [-0.25, -0.2) is 9.97 Å². The molecule has 0 atom stereocenters. The Labute approximate surface area is 202 Å². The molecule has 0 saturated carbocycles. The molecule has 0 radical (unpaired) electrons. The van der Waals surface area contributed by atoms with E-state index in [-0.39, 0.29) is 0 Å². The molecule has 0 aromatic carbocycles. The number of thiophene rings is 1. The summed E-state index contributed by atoms with van der Waals surface area (Å²) in [5, 5.41) is 24.6. The second-order valence-electron chi connectivity index (χ2n) is 9.46. The smallest absolute Gasteiger partial charge is 0.230 e. The SMILES string of the molecule is Cc1csc2nc(Nc3cnn(C4CCN(C)CC4)c3)nc(Nc3cccc(C(C)(C)O)n3)c12. The van der Waals surface area contributed by atoms with Gasteiger partial charge >= 0.3 is 0 Å². The summed E-state index contributed by atoms with van der Waals surface area (Å²) < 4.78 is 2.05. The van der Waals surface area contributed by atoms with Gasteiger partial charge in [0.25, 0.3) is 0 Å². The quantitative estimate of drug-likeness (QED) is 0.370. The standard InChI is InChI=1S/C24H30N8OS/c1-15-14-34-22-20(15)21(28-19-7-5-6-18(27-19)24(2,3)33)29-23(30-22)26-16-12-25-32(13-16)17-8-10-31(4)11-9-17/h5-7,12-14,17,33H,8-11H2,1-4H3,(H2,26,27,28,29,30). The number of hydrogen-bond donors (Lipinski definition) is 3. The highest BCUT2D eigenvalue weighted by molar-refractivity contribution is 7.17. The van der Waals surface area contributed by atoms with Crippen molar-refractivity contribution < 1.29 is 5.11 Å². The fourth-order valence-corrected chi connectivity index (χ4v) is 5.11. The summed E-state index contributed by atoms with van der Waals surface area (Å²) in [6.07, 6.45) is 6.05. The fraction of sp³-hybridized carbons (Fsp3) is 0.417. The van der Waals surface area contributed by atoms with Gasteiger partial charge < -0.3 is 20.6 Å². The van der Waals surface area contributed by atoms with E-state index >= 15 is 0 Å². The van der Waals surface area contributed by atoms with E-state index in [2.05, 4.69) is 38.0 Å². The van der Waals surface area contributed by atoms with E-state index in [1.807, 2.05) is 42.2 Å². The monoisotopic (exact) mass is 478 g/mol. The number of piperidine rings is 1. The molecule has 10 heteroatoms. The number of rotatable bonds is 6. The number of aromatic nitrogens is 5. The number of aliphatic hydroxyl groups is 1. The molecule has 5 rings (SSSR count). The molecule has 4 aromatic heterocycles. The van der Waals surface area contributed by atoms with Crippen LogP contribution in [0.1, 0.15) is 44.0 Å². The van der Waals surface area contributed by atoms with Crippen molar-refractivity contribution in [2.45, 2.75) is 45.3 Å². The van der Waals surface area contributed by atoms with Crippen LogP contribution in [0.15, 0.2) is 36.0 Å². The Morgan fingerprint density at radius 3 is 2.68 bits per heavy atom. The van der Waals surface area contributed by atoms with Crippen molar-refractivity contribution in [2.24, 2.45) is 0 Å². The van der Waals surface area contributed by atoms with Gasteiger partial charge in [0.2, 0.25) is 5.95 Å². The molecule has 0 unspecified atom stereocenters. The Kier molecular flexibility index (Phi) is 5.97. The van der Waals surface area contributed by atoms with Gasteiger partial charge in [-0.05, 0) is 76.8 Å². The van der Waals surface area contributed by atoms with E-state index < -0.39 is 5.60 Å². The number of hydrogen-bond acceptors (Lipinski definition) is 9. The molecule has 0 amide bonds. The minimum Gasteiger partial charge on any atom is -0.384 e. The van der Waals surface area contributed by atoms with Gasteiger partial charge in [-0.15, -0.1) is 11.3 Å². The van der Waals surface area contributed by atoms with Crippen molar-refractivity contribution in [1.82, 2.24) is 29.6 Å². The van der Waals surface area contributed by atoms with Gasteiger partial charge in [0, 0.05) is 6.20 Å². The average molecular weight is 479 g/mol. The van der Waals surface area contributed by atoms with Crippen molar-refractivity contribution in [3.63, 3.8) is 0 Å². The zero-order valence-corrected chi connectivity index (χ0v) is 20.7. The van der Waals surface area contributed by atoms with Crippen LogP contribution in [0, 0.1) is 6.92 Å². The van der Waals surface area contributed by atoms with E-state index in [1.54, 1.807) is 25.2 Å². The molecule has 0 bridgehead atoms. The van der Waals surface area contributed by atoms with Crippen LogP contribution < -0.4 is 10.6 Å². The summed E-state index contributed by atoms with van der Waals surface area (Å²) in [5.41, 5.74) is 1.52. The highest BCUT2D eigenvalue weighted by Gasteiger charge is 2.20. The first-order valence-corrected chi connectivity index (χ1v) is 12.4. The van der Waals surface area contributed by atoms with Crippen LogP contribution in [0.3, 0.4) is 0 Å². The maximum Gasteiger partial charge on any atom is 0.230 e. The number of pyridine rings is 1. The van der Waals surface area contributed by atoms with Crippen LogP contribution in [-0.4, -0.2) is 54.9 Å². The largest absolute Gasteiger partial charge is 0.384 e. The molecule has 1 fully saturated rings. The van der Waals surface area contributed by atoms with E-state index in [0.29, 0.717) is 29.3 Å². The van der Waals surface area contributed by atoms with E-state index in [0.717, 1.165) is 47.4 Å². The predicted octanol–water partition coefficient (Wildman–Crippen LogP) is 4.57. The zero-order valence-electron chi connectivity index (χ0n) is 19.9. The van der Waals surface area contributed by atoms with Crippen LogP contribution in [-0.2, 0) is 5.60 Å². The third-order valence-electron chi connectivity index (χ3n) is 6.16. The average Bonchev–Trinajstić information content (AvgIpc) is 3.41. The third-order valence-corrected chi connectivity index (χ3v) is 7.15. The van der Waals surface area contributed by atoms with Gasteiger partial charge in [-0.1, -0.05) is 6.07 Å². The Morgan fingerprint density at radius 2 is 1.91 bits per heavy atom. The lowest BCUT2D eigenvalue weighted by Gasteiger charge is -2.28. The first-order valence-electron chi connectivity index (χ1n) is 11.5. The minimum absolute atomic E-state index is 0.418. The van der Waals surface area contributed by atoms with E-state index in [9.17, 15) is 5.11 Å². The van der Waals surface area contributed by atoms with Crippen LogP contribution in [0.25, 0.3) is 10.2 Å². The van der Waals surface area contributed by atoms with E-state index in [4.69, 9.17) is 9.97 Å². The van der Waals surface area contributed by atoms with Crippen molar-refractivity contribution in [2.75, 3.05) is 30.8 Å². The molecule has 0 aliphatic carbocycles. The second-order valence-corrected chi connectivity index (χ2v) is 10.3. The highest BCUT2D eigenvalue weighted by Crippen LogP contribution is 2.33. The topological polar surface area (TPSA) is 104 Å². The van der Waals surface area contributed by atoms with Crippen molar-refractivity contribution in [3.8, 4) is 0 Å². The number of aryl methyl sites for hydroxylation is 1. The molecular weight excluding hydrogens is 448 g/mol. The van der Waals surface area contributed by atoms with Gasteiger partial charge in [0.05, 0.1) is 29.0 Å². The maximum absolute atomic E-state index is 10.3. The van der Waals surface area contributed by atoms with Crippen LogP contribution >= 0.6 is 11.3 Å². The zero-order chi connectivity index (χ0) is 23.9. The molecule has 0 spiro atoms. The molecule has 1 aliphatic heterocycles. The van der Waals surface area contributed by atoms with Gasteiger partial charge in [-0.2, -0.15) is 10.1 Å².